The van der Waals surface area contributed by atoms with Gasteiger partial charge in [-0.15, -0.1) is 6.58 Å². The lowest BCUT2D eigenvalue weighted by molar-refractivity contribution is -0.384. The van der Waals surface area contributed by atoms with Gasteiger partial charge in [0.2, 0.25) is 0 Å². The monoisotopic (exact) mass is 406 g/mol. The molecule has 0 aromatic heterocycles. The number of nitrogens with one attached hydrogen (secondary N) is 1. The van der Waals surface area contributed by atoms with Crippen LogP contribution in [0.5, 0.6) is 11.5 Å². The van der Waals surface area contributed by atoms with Crippen LogP contribution in [-0.2, 0) is 13.2 Å². The number of non-ortho nitro benzene ring substituents is 1. The van der Waals surface area contributed by atoms with Crippen molar-refractivity contribution in [1.29, 1.82) is 0 Å². The van der Waals surface area contributed by atoms with Gasteiger partial charge >= 0.3 is 0 Å². The van der Waals surface area contributed by atoms with Crippen molar-refractivity contribution >= 4 is 21.6 Å². The van der Waals surface area contributed by atoms with Crippen LogP contribution >= 0.6 is 15.9 Å². The fourth-order valence-corrected chi connectivity index (χ4v) is 2.63. The molecule has 0 amide bonds. The molecule has 6 nitrogen and oxygen atoms in total. The standard InChI is InChI=1S/C18H19BrN2O4/c1-3-8-20-11-14-9-17(24-2)18(10-16(14)19)25-12-13-4-6-15(7-5-13)21(22)23/h3-7,9-10,20H,1,8,11-12H2,2H3. The fourth-order valence-electron chi connectivity index (χ4n) is 2.17. The van der Waals surface area contributed by atoms with Gasteiger partial charge in [0.15, 0.2) is 11.5 Å². The minimum Gasteiger partial charge on any atom is -0.493 e. The highest BCUT2D eigenvalue weighted by atomic mass is 79.9. The third kappa shape index (κ3) is 5.30. The van der Waals surface area contributed by atoms with E-state index in [-0.39, 0.29) is 12.3 Å². The topological polar surface area (TPSA) is 73.6 Å². The van der Waals surface area contributed by atoms with Crippen LogP contribution in [0.25, 0.3) is 0 Å². The van der Waals surface area contributed by atoms with E-state index in [0.29, 0.717) is 24.6 Å². The van der Waals surface area contributed by atoms with Crippen molar-refractivity contribution in [2.24, 2.45) is 0 Å². The van der Waals surface area contributed by atoms with Crippen molar-refractivity contribution < 1.29 is 14.4 Å². The van der Waals surface area contributed by atoms with E-state index in [4.69, 9.17) is 9.47 Å². The maximum atomic E-state index is 10.7. The average Bonchev–Trinajstić information content (AvgIpc) is 2.61. The Balaban J connectivity index is 2.09. The second kappa shape index (κ2) is 9.19. The van der Waals surface area contributed by atoms with Crippen LogP contribution in [0, 0.1) is 10.1 Å². The summed E-state index contributed by atoms with van der Waals surface area (Å²) in [6.45, 7) is 5.35. The average molecular weight is 407 g/mol. The first-order valence-corrected chi connectivity index (χ1v) is 8.38. The fraction of sp³-hybridized carbons (Fsp3) is 0.222. The normalized spacial score (nSPS) is 10.3. The van der Waals surface area contributed by atoms with Crippen molar-refractivity contribution in [1.82, 2.24) is 5.32 Å². The van der Waals surface area contributed by atoms with Crippen molar-refractivity contribution in [2.45, 2.75) is 13.2 Å². The minimum absolute atomic E-state index is 0.0560. The predicted octanol–water partition coefficient (Wildman–Crippen LogP) is 4.22. The molecule has 0 heterocycles. The first-order chi connectivity index (χ1) is 12.0. The van der Waals surface area contributed by atoms with E-state index < -0.39 is 4.92 Å². The summed E-state index contributed by atoms with van der Waals surface area (Å²) in [6, 6.07) is 10.0. The Morgan fingerprint density at radius 1 is 1.28 bits per heavy atom. The van der Waals surface area contributed by atoms with Gasteiger partial charge in [0.25, 0.3) is 5.69 Å². The molecular formula is C18H19BrN2O4. The van der Waals surface area contributed by atoms with Crippen LogP contribution in [0.3, 0.4) is 0 Å². The SMILES string of the molecule is C=CCNCc1cc(OC)c(OCc2ccc([N+](=O)[O-])cc2)cc1Br. The van der Waals surface area contributed by atoms with Crippen molar-refractivity contribution in [3.8, 4) is 11.5 Å². The van der Waals surface area contributed by atoms with E-state index in [1.165, 1.54) is 12.1 Å². The van der Waals surface area contributed by atoms with E-state index in [1.54, 1.807) is 25.3 Å². The van der Waals surface area contributed by atoms with Gasteiger partial charge in [0.1, 0.15) is 6.61 Å². The summed E-state index contributed by atoms with van der Waals surface area (Å²) in [4.78, 5) is 10.3. The van der Waals surface area contributed by atoms with Crippen LogP contribution in [0.4, 0.5) is 5.69 Å². The molecule has 0 saturated carbocycles. The number of nitro benzene ring substituents is 1. The molecule has 0 atom stereocenters. The number of nitro groups is 1. The lowest BCUT2D eigenvalue weighted by Gasteiger charge is -2.14. The number of benzene rings is 2. The summed E-state index contributed by atoms with van der Waals surface area (Å²) in [5, 5.41) is 13.9. The van der Waals surface area contributed by atoms with Crippen LogP contribution in [0.15, 0.2) is 53.5 Å². The number of hydrogen-bond donors (Lipinski definition) is 1. The zero-order valence-electron chi connectivity index (χ0n) is 13.8. The predicted molar refractivity (Wildman–Crippen MR) is 100 cm³/mol. The highest BCUT2D eigenvalue weighted by molar-refractivity contribution is 9.10. The Morgan fingerprint density at radius 3 is 2.60 bits per heavy atom. The second-order valence-corrected chi connectivity index (χ2v) is 6.08. The molecule has 0 saturated heterocycles. The molecule has 0 aliphatic rings. The molecule has 1 N–H and O–H groups in total. The molecule has 2 aromatic carbocycles. The largest absolute Gasteiger partial charge is 0.493 e. The maximum absolute atomic E-state index is 10.7. The van der Waals surface area contributed by atoms with E-state index in [2.05, 4.69) is 27.8 Å². The molecule has 0 aliphatic carbocycles. The van der Waals surface area contributed by atoms with Gasteiger partial charge < -0.3 is 14.8 Å². The molecule has 0 spiro atoms. The molecule has 7 heteroatoms. The molecule has 0 radical (unpaired) electrons. The molecule has 2 aromatic rings. The summed E-state index contributed by atoms with van der Waals surface area (Å²) in [7, 11) is 1.59. The molecule has 0 fully saturated rings. The van der Waals surface area contributed by atoms with Gasteiger partial charge in [-0.1, -0.05) is 22.0 Å². The Bertz CT molecular complexity index is 747. The van der Waals surface area contributed by atoms with Crippen LogP contribution < -0.4 is 14.8 Å². The summed E-state index contributed by atoms with van der Waals surface area (Å²) < 4.78 is 12.1. The van der Waals surface area contributed by atoms with Gasteiger partial charge in [-0.05, 0) is 35.4 Å². The number of halogens is 1. The van der Waals surface area contributed by atoms with Crippen molar-refractivity contribution in [2.75, 3.05) is 13.7 Å². The first-order valence-electron chi connectivity index (χ1n) is 7.59. The lowest BCUT2D eigenvalue weighted by Crippen LogP contribution is -2.13. The summed E-state index contributed by atoms with van der Waals surface area (Å²) in [6.07, 6.45) is 1.80. The number of hydrogen-bond acceptors (Lipinski definition) is 5. The third-order valence-corrected chi connectivity index (χ3v) is 4.22. The zero-order valence-corrected chi connectivity index (χ0v) is 15.4. The van der Waals surface area contributed by atoms with Gasteiger partial charge in [0.05, 0.1) is 12.0 Å². The van der Waals surface area contributed by atoms with Crippen LogP contribution in [0.2, 0.25) is 0 Å². The molecular weight excluding hydrogens is 388 g/mol. The number of nitrogens with zero attached hydrogens (tertiary/aromatic N) is 1. The Hall–Kier alpha value is -2.38. The van der Waals surface area contributed by atoms with E-state index >= 15 is 0 Å². The Labute approximate surface area is 154 Å². The minimum atomic E-state index is -0.427. The van der Waals surface area contributed by atoms with Gasteiger partial charge in [-0.3, -0.25) is 10.1 Å². The summed E-state index contributed by atoms with van der Waals surface area (Å²) in [5.74, 6) is 1.22. The highest BCUT2D eigenvalue weighted by Crippen LogP contribution is 2.34. The van der Waals surface area contributed by atoms with Crippen molar-refractivity contribution in [3.05, 3.63) is 74.8 Å². The third-order valence-electron chi connectivity index (χ3n) is 3.48. The van der Waals surface area contributed by atoms with Gasteiger partial charge in [-0.25, -0.2) is 0 Å². The smallest absolute Gasteiger partial charge is 0.269 e. The molecule has 0 unspecified atom stereocenters. The van der Waals surface area contributed by atoms with E-state index in [0.717, 1.165) is 15.6 Å². The zero-order chi connectivity index (χ0) is 18.2. The maximum Gasteiger partial charge on any atom is 0.269 e. The molecule has 132 valence electrons. The molecule has 25 heavy (non-hydrogen) atoms. The van der Waals surface area contributed by atoms with Gasteiger partial charge in [0, 0.05) is 29.7 Å². The van der Waals surface area contributed by atoms with Crippen LogP contribution in [-0.4, -0.2) is 18.6 Å². The molecule has 0 aliphatic heterocycles. The number of rotatable bonds is 9. The molecule has 2 rings (SSSR count). The van der Waals surface area contributed by atoms with Crippen LogP contribution in [0.1, 0.15) is 11.1 Å². The summed E-state index contributed by atoms with van der Waals surface area (Å²) >= 11 is 3.54. The quantitative estimate of drug-likeness (QED) is 0.292. The first kappa shape index (κ1) is 19.0. The number of methoxy groups -OCH3 is 1. The number of ether oxygens (including phenoxy) is 2. The Kier molecular flexibility index (Phi) is 6.97. The highest BCUT2D eigenvalue weighted by Gasteiger charge is 2.11. The Morgan fingerprint density at radius 2 is 2.00 bits per heavy atom. The lowest BCUT2D eigenvalue weighted by atomic mass is 10.2. The van der Waals surface area contributed by atoms with Gasteiger partial charge in [-0.2, -0.15) is 0 Å². The summed E-state index contributed by atoms with van der Waals surface area (Å²) in [5.41, 5.74) is 1.93. The second-order valence-electron chi connectivity index (χ2n) is 5.23. The van der Waals surface area contributed by atoms with E-state index in [9.17, 15) is 10.1 Å². The van der Waals surface area contributed by atoms with Crippen molar-refractivity contribution in [3.63, 3.8) is 0 Å². The van der Waals surface area contributed by atoms with E-state index in [1.807, 2.05) is 12.1 Å². The molecule has 0 bridgehead atoms.